The lowest BCUT2D eigenvalue weighted by Crippen LogP contribution is -2.34. The van der Waals surface area contributed by atoms with Crippen molar-refractivity contribution in [2.45, 2.75) is 45.6 Å². The van der Waals surface area contributed by atoms with E-state index in [-0.39, 0.29) is 0 Å². The molecule has 1 N–H and O–H groups in total. The van der Waals surface area contributed by atoms with Gasteiger partial charge in [-0.25, -0.2) is 0 Å². The van der Waals surface area contributed by atoms with Crippen molar-refractivity contribution in [3.8, 4) is 0 Å². The molecule has 0 aromatic heterocycles. The zero-order valence-corrected chi connectivity index (χ0v) is 11.9. The molecule has 2 atom stereocenters. The fraction of sp³-hybridized carbons (Fsp3) is 0.625. The summed E-state index contributed by atoms with van der Waals surface area (Å²) in [6, 6.07) is 9.46. The van der Waals surface area contributed by atoms with Crippen LogP contribution in [0.25, 0.3) is 0 Å². The van der Waals surface area contributed by atoms with Gasteiger partial charge in [0.05, 0.1) is 0 Å². The van der Waals surface area contributed by atoms with E-state index in [4.69, 9.17) is 0 Å². The van der Waals surface area contributed by atoms with E-state index in [9.17, 15) is 0 Å². The van der Waals surface area contributed by atoms with Gasteiger partial charge in [0.2, 0.25) is 0 Å². The molecule has 0 saturated heterocycles. The number of para-hydroxylation sites is 1. The van der Waals surface area contributed by atoms with Crippen molar-refractivity contribution in [2.75, 3.05) is 25.0 Å². The van der Waals surface area contributed by atoms with Crippen LogP contribution >= 0.6 is 0 Å². The van der Waals surface area contributed by atoms with Crippen molar-refractivity contribution in [1.29, 1.82) is 0 Å². The van der Waals surface area contributed by atoms with Gasteiger partial charge in [0.25, 0.3) is 0 Å². The molecule has 0 saturated carbocycles. The third-order valence-electron chi connectivity index (χ3n) is 4.32. The minimum absolute atomic E-state index is 0.694. The fourth-order valence-corrected chi connectivity index (χ4v) is 2.88. The predicted molar refractivity (Wildman–Crippen MR) is 79.3 cm³/mol. The average Bonchev–Trinajstić information content (AvgIpc) is 2.82. The van der Waals surface area contributed by atoms with E-state index in [0.717, 1.165) is 13.1 Å². The highest BCUT2D eigenvalue weighted by Crippen LogP contribution is 2.33. The third-order valence-corrected chi connectivity index (χ3v) is 4.32. The molecule has 0 aliphatic carbocycles. The van der Waals surface area contributed by atoms with Crippen LogP contribution in [0.3, 0.4) is 0 Å². The Morgan fingerprint density at radius 3 is 2.83 bits per heavy atom. The smallest absolute Gasteiger partial charge is 0.0376 e. The first-order valence-corrected chi connectivity index (χ1v) is 7.33. The minimum Gasteiger partial charge on any atom is -0.384 e. The highest BCUT2D eigenvalue weighted by Gasteiger charge is 2.22. The van der Waals surface area contributed by atoms with E-state index >= 15 is 0 Å². The second kappa shape index (κ2) is 6.24. The second-order valence-electron chi connectivity index (χ2n) is 5.34. The fourth-order valence-electron chi connectivity index (χ4n) is 2.88. The van der Waals surface area contributed by atoms with Gasteiger partial charge in [-0.05, 0) is 44.5 Å². The summed E-state index contributed by atoms with van der Waals surface area (Å²) < 4.78 is 0. The van der Waals surface area contributed by atoms with E-state index in [0.29, 0.717) is 12.0 Å². The molecule has 0 spiro atoms. The van der Waals surface area contributed by atoms with E-state index in [2.05, 4.69) is 55.3 Å². The van der Waals surface area contributed by atoms with Crippen LogP contribution in [0.4, 0.5) is 5.69 Å². The maximum absolute atomic E-state index is 3.52. The Hall–Kier alpha value is -1.02. The van der Waals surface area contributed by atoms with Crippen LogP contribution < -0.4 is 5.32 Å². The van der Waals surface area contributed by atoms with Crippen molar-refractivity contribution in [3.05, 3.63) is 29.8 Å². The SMILES string of the molecule is CCC(C)N(CC)CCC1CNc2ccccc21. The Kier molecular flexibility index (Phi) is 4.65. The summed E-state index contributed by atoms with van der Waals surface area (Å²) >= 11 is 0. The van der Waals surface area contributed by atoms with Crippen LogP contribution in [-0.4, -0.2) is 30.6 Å². The molecule has 1 aromatic carbocycles. The van der Waals surface area contributed by atoms with Crippen molar-refractivity contribution in [3.63, 3.8) is 0 Å². The highest BCUT2D eigenvalue weighted by molar-refractivity contribution is 5.57. The summed E-state index contributed by atoms with van der Waals surface area (Å²) in [6.07, 6.45) is 2.51. The predicted octanol–water partition coefficient (Wildman–Crippen LogP) is 3.71. The molecule has 1 aliphatic heterocycles. The lowest BCUT2D eigenvalue weighted by Gasteiger charge is -2.28. The van der Waals surface area contributed by atoms with Gasteiger partial charge in [-0.1, -0.05) is 32.0 Å². The lowest BCUT2D eigenvalue weighted by molar-refractivity contribution is 0.208. The summed E-state index contributed by atoms with van der Waals surface area (Å²) in [5.41, 5.74) is 2.85. The molecule has 2 nitrogen and oxygen atoms in total. The average molecular weight is 246 g/mol. The van der Waals surface area contributed by atoms with Crippen LogP contribution in [0, 0.1) is 0 Å². The van der Waals surface area contributed by atoms with E-state index in [1.807, 2.05) is 0 Å². The second-order valence-corrected chi connectivity index (χ2v) is 5.34. The molecule has 2 unspecified atom stereocenters. The molecule has 2 rings (SSSR count). The summed E-state index contributed by atoms with van der Waals surface area (Å²) in [7, 11) is 0. The number of hydrogen-bond acceptors (Lipinski definition) is 2. The monoisotopic (exact) mass is 246 g/mol. The summed E-state index contributed by atoms with van der Waals surface area (Å²) in [4.78, 5) is 2.60. The minimum atomic E-state index is 0.694. The normalized spacial score (nSPS) is 19.7. The molecule has 18 heavy (non-hydrogen) atoms. The molecule has 0 radical (unpaired) electrons. The molecular formula is C16H26N2. The van der Waals surface area contributed by atoms with Gasteiger partial charge < -0.3 is 10.2 Å². The Morgan fingerprint density at radius 2 is 2.11 bits per heavy atom. The summed E-state index contributed by atoms with van der Waals surface area (Å²) in [5, 5.41) is 3.52. The molecule has 0 amide bonds. The van der Waals surface area contributed by atoms with Gasteiger partial charge >= 0.3 is 0 Å². The molecular weight excluding hydrogens is 220 g/mol. The number of rotatable bonds is 6. The molecule has 2 heteroatoms. The lowest BCUT2D eigenvalue weighted by atomic mass is 9.97. The van der Waals surface area contributed by atoms with Crippen molar-refractivity contribution >= 4 is 5.69 Å². The van der Waals surface area contributed by atoms with Gasteiger partial charge in [-0.2, -0.15) is 0 Å². The number of nitrogens with one attached hydrogen (secondary N) is 1. The summed E-state index contributed by atoms with van der Waals surface area (Å²) in [5.74, 6) is 0.694. The zero-order chi connectivity index (χ0) is 13.0. The number of anilines is 1. The Balaban J connectivity index is 1.92. The molecule has 1 heterocycles. The molecule has 1 aromatic rings. The summed E-state index contributed by atoms with van der Waals surface area (Å²) in [6.45, 7) is 10.4. The van der Waals surface area contributed by atoms with Crippen LogP contribution in [0.2, 0.25) is 0 Å². The maximum atomic E-state index is 3.52. The molecule has 0 fully saturated rings. The van der Waals surface area contributed by atoms with Crippen LogP contribution in [0.1, 0.15) is 45.1 Å². The van der Waals surface area contributed by atoms with Crippen molar-refractivity contribution in [1.82, 2.24) is 4.90 Å². The third kappa shape index (κ3) is 2.86. The van der Waals surface area contributed by atoms with Gasteiger partial charge in [0, 0.05) is 24.2 Å². The Morgan fingerprint density at radius 1 is 1.33 bits per heavy atom. The number of benzene rings is 1. The van der Waals surface area contributed by atoms with E-state index in [1.54, 1.807) is 0 Å². The van der Waals surface area contributed by atoms with E-state index in [1.165, 1.54) is 30.6 Å². The van der Waals surface area contributed by atoms with Crippen molar-refractivity contribution in [2.24, 2.45) is 0 Å². The van der Waals surface area contributed by atoms with Gasteiger partial charge in [0.1, 0.15) is 0 Å². The Bertz CT molecular complexity index is 375. The number of nitrogens with zero attached hydrogens (tertiary/aromatic N) is 1. The van der Waals surface area contributed by atoms with Gasteiger partial charge in [-0.15, -0.1) is 0 Å². The molecule has 0 bridgehead atoms. The first-order chi connectivity index (χ1) is 8.76. The van der Waals surface area contributed by atoms with Crippen molar-refractivity contribution < 1.29 is 0 Å². The largest absolute Gasteiger partial charge is 0.384 e. The van der Waals surface area contributed by atoms with Crippen LogP contribution in [-0.2, 0) is 0 Å². The van der Waals surface area contributed by atoms with Crippen LogP contribution in [0.5, 0.6) is 0 Å². The highest BCUT2D eigenvalue weighted by atomic mass is 15.1. The van der Waals surface area contributed by atoms with Gasteiger partial charge in [0.15, 0.2) is 0 Å². The van der Waals surface area contributed by atoms with E-state index < -0.39 is 0 Å². The maximum Gasteiger partial charge on any atom is 0.0376 e. The first kappa shape index (κ1) is 13.4. The first-order valence-electron chi connectivity index (χ1n) is 7.33. The number of hydrogen-bond donors (Lipinski definition) is 1. The number of fused-ring (bicyclic) bond motifs is 1. The Labute approximate surface area is 111 Å². The van der Waals surface area contributed by atoms with Gasteiger partial charge in [-0.3, -0.25) is 0 Å². The van der Waals surface area contributed by atoms with Crippen LogP contribution in [0.15, 0.2) is 24.3 Å². The molecule has 1 aliphatic rings. The topological polar surface area (TPSA) is 15.3 Å². The molecule has 100 valence electrons. The standard InChI is InChI=1S/C16H26N2/c1-4-13(3)18(5-2)11-10-14-12-17-16-9-7-6-8-15(14)16/h6-9,13-14,17H,4-5,10-12H2,1-3H3. The quantitative estimate of drug-likeness (QED) is 0.823. The zero-order valence-electron chi connectivity index (χ0n) is 11.9.